The second-order valence-electron chi connectivity index (χ2n) is 2.37. The molecule has 0 atom stereocenters. The Hall–Kier alpha value is -1.12. The molecule has 0 amide bonds. The van der Waals surface area contributed by atoms with Crippen molar-refractivity contribution in [1.82, 2.24) is 0 Å². The summed E-state index contributed by atoms with van der Waals surface area (Å²) in [6.07, 6.45) is 1.88. The third kappa shape index (κ3) is 1.69. The lowest BCUT2D eigenvalue weighted by atomic mass is 10.2. The van der Waals surface area contributed by atoms with Crippen LogP contribution in [0.2, 0.25) is 0 Å². The maximum Gasteiger partial charge on any atom is 0.309 e. The summed E-state index contributed by atoms with van der Waals surface area (Å²) in [5, 5.41) is 8.35. The average Bonchev–Trinajstić information content (AvgIpc) is 2.13. The highest BCUT2D eigenvalue weighted by atomic mass is 16.4. The molecule has 0 aromatic carbocycles. The van der Waals surface area contributed by atoms with Crippen LogP contribution in [0.25, 0.3) is 0 Å². The van der Waals surface area contributed by atoms with Crippen LogP contribution >= 0.6 is 0 Å². The van der Waals surface area contributed by atoms with Crippen LogP contribution in [0, 0.1) is 0 Å². The Bertz CT molecular complexity index is 216. The molecule has 3 heteroatoms. The molecular weight excluding hydrogens is 130 g/mol. The molecule has 1 aliphatic heterocycles. The fourth-order valence-corrected chi connectivity index (χ4v) is 0.864. The Kier molecular flexibility index (Phi) is 1.85. The van der Waals surface area contributed by atoms with Crippen LogP contribution in [0.3, 0.4) is 0 Å². The van der Waals surface area contributed by atoms with E-state index in [1.165, 1.54) is 0 Å². The first kappa shape index (κ1) is 6.99. The summed E-state index contributed by atoms with van der Waals surface area (Å²) in [6, 6.07) is 0. The first-order valence-electron chi connectivity index (χ1n) is 3.11. The monoisotopic (exact) mass is 139 g/mol. The lowest BCUT2D eigenvalue weighted by Gasteiger charge is -1.88. The number of allylic oxidation sites excluding steroid dienone is 1. The number of hydrogen-bond donors (Lipinski definition) is 1. The summed E-state index contributed by atoms with van der Waals surface area (Å²) < 4.78 is 0. The zero-order valence-electron chi connectivity index (χ0n) is 5.79. The Labute approximate surface area is 59.1 Å². The second-order valence-corrected chi connectivity index (χ2v) is 2.37. The SMILES string of the molecule is CC1=CC(CC(=O)O)=NC1. The number of hydrogen-bond acceptors (Lipinski definition) is 2. The van der Waals surface area contributed by atoms with Gasteiger partial charge < -0.3 is 5.11 Å². The van der Waals surface area contributed by atoms with Gasteiger partial charge in [-0.15, -0.1) is 0 Å². The summed E-state index contributed by atoms with van der Waals surface area (Å²) in [4.78, 5) is 14.2. The van der Waals surface area contributed by atoms with E-state index in [-0.39, 0.29) is 6.42 Å². The Morgan fingerprint density at radius 2 is 2.60 bits per heavy atom. The topological polar surface area (TPSA) is 49.7 Å². The van der Waals surface area contributed by atoms with Crippen molar-refractivity contribution in [3.05, 3.63) is 11.6 Å². The van der Waals surface area contributed by atoms with E-state index in [9.17, 15) is 4.79 Å². The largest absolute Gasteiger partial charge is 0.481 e. The van der Waals surface area contributed by atoms with Gasteiger partial charge in [-0.1, -0.05) is 5.57 Å². The molecule has 1 rings (SSSR count). The van der Waals surface area contributed by atoms with Gasteiger partial charge in [0.1, 0.15) is 0 Å². The molecule has 0 aromatic rings. The van der Waals surface area contributed by atoms with E-state index in [1.54, 1.807) is 0 Å². The molecule has 0 bridgehead atoms. The highest BCUT2D eigenvalue weighted by Gasteiger charge is 2.07. The van der Waals surface area contributed by atoms with E-state index in [2.05, 4.69) is 4.99 Å². The van der Waals surface area contributed by atoms with Crippen LogP contribution in [-0.2, 0) is 4.79 Å². The fraction of sp³-hybridized carbons (Fsp3) is 0.429. The molecule has 0 saturated heterocycles. The maximum absolute atomic E-state index is 10.2. The van der Waals surface area contributed by atoms with Crippen LogP contribution < -0.4 is 0 Å². The van der Waals surface area contributed by atoms with Gasteiger partial charge in [0.2, 0.25) is 0 Å². The number of carboxylic acid groups (broad SMARTS) is 1. The minimum atomic E-state index is -0.815. The maximum atomic E-state index is 10.2. The van der Waals surface area contributed by atoms with Gasteiger partial charge in [0.05, 0.1) is 13.0 Å². The molecule has 0 radical (unpaired) electrons. The average molecular weight is 139 g/mol. The smallest absolute Gasteiger partial charge is 0.309 e. The third-order valence-corrected chi connectivity index (χ3v) is 1.28. The molecule has 1 aliphatic rings. The van der Waals surface area contributed by atoms with Crippen molar-refractivity contribution in [3.63, 3.8) is 0 Å². The highest BCUT2D eigenvalue weighted by molar-refractivity contribution is 6.06. The zero-order valence-corrected chi connectivity index (χ0v) is 5.79. The van der Waals surface area contributed by atoms with E-state index in [1.807, 2.05) is 13.0 Å². The Morgan fingerprint density at radius 1 is 1.90 bits per heavy atom. The minimum absolute atomic E-state index is 0.0529. The first-order valence-corrected chi connectivity index (χ1v) is 3.11. The van der Waals surface area contributed by atoms with Crippen molar-refractivity contribution < 1.29 is 9.90 Å². The van der Waals surface area contributed by atoms with Crippen molar-refractivity contribution >= 4 is 11.7 Å². The fourth-order valence-electron chi connectivity index (χ4n) is 0.864. The summed E-state index contributed by atoms with van der Waals surface area (Å²) in [6.45, 7) is 2.61. The van der Waals surface area contributed by atoms with Gasteiger partial charge in [-0.3, -0.25) is 9.79 Å². The Balaban J connectivity index is 2.52. The zero-order chi connectivity index (χ0) is 7.56. The van der Waals surface area contributed by atoms with Gasteiger partial charge in [0.25, 0.3) is 0 Å². The first-order chi connectivity index (χ1) is 4.68. The number of aliphatic imine (C=N–C) groups is 1. The molecule has 1 N–H and O–H groups in total. The Morgan fingerprint density at radius 3 is 3.00 bits per heavy atom. The molecule has 0 spiro atoms. The highest BCUT2D eigenvalue weighted by Crippen LogP contribution is 2.05. The van der Waals surface area contributed by atoms with Crippen LogP contribution in [0.4, 0.5) is 0 Å². The molecule has 0 fully saturated rings. The van der Waals surface area contributed by atoms with Gasteiger partial charge >= 0.3 is 5.97 Å². The third-order valence-electron chi connectivity index (χ3n) is 1.28. The summed E-state index contributed by atoms with van der Waals surface area (Å²) in [5.74, 6) is -0.815. The normalized spacial score (nSPS) is 16.5. The number of carbonyl (C=O) groups is 1. The molecule has 3 nitrogen and oxygen atoms in total. The number of aliphatic carboxylic acids is 1. The van der Waals surface area contributed by atoms with Crippen LogP contribution in [0.1, 0.15) is 13.3 Å². The van der Waals surface area contributed by atoms with Crippen LogP contribution in [0.15, 0.2) is 16.6 Å². The molecule has 0 aromatic heterocycles. The molecule has 1 heterocycles. The summed E-state index contributed by atoms with van der Waals surface area (Å²) >= 11 is 0. The molecule has 0 saturated carbocycles. The predicted octanol–water partition coefficient (Wildman–Crippen LogP) is 0.862. The van der Waals surface area contributed by atoms with Gasteiger partial charge in [-0.05, 0) is 13.0 Å². The molecule has 0 unspecified atom stereocenters. The molecule has 10 heavy (non-hydrogen) atoms. The van der Waals surface area contributed by atoms with Crippen molar-refractivity contribution in [3.8, 4) is 0 Å². The minimum Gasteiger partial charge on any atom is -0.481 e. The van der Waals surface area contributed by atoms with Crippen molar-refractivity contribution in [2.45, 2.75) is 13.3 Å². The van der Waals surface area contributed by atoms with Crippen LogP contribution in [0.5, 0.6) is 0 Å². The van der Waals surface area contributed by atoms with Gasteiger partial charge in [0.15, 0.2) is 0 Å². The van der Waals surface area contributed by atoms with E-state index in [0.29, 0.717) is 12.3 Å². The number of carboxylic acids is 1. The van der Waals surface area contributed by atoms with Gasteiger partial charge in [0, 0.05) is 5.71 Å². The molecular formula is C7H9NO2. The van der Waals surface area contributed by atoms with E-state index >= 15 is 0 Å². The standard InChI is InChI=1S/C7H9NO2/c1-5-2-6(8-4-5)3-7(9)10/h2H,3-4H2,1H3,(H,9,10). The lowest BCUT2D eigenvalue weighted by Crippen LogP contribution is -2.02. The van der Waals surface area contributed by atoms with Gasteiger partial charge in [-0.25, -0.2) is 0 Å². The van der Waals surface area contributed by atoms with E-state index in [0.717, 1.165) is 5.57 Å². The molecule has 0 aliphatic carbocycles. The number of nitrogens with zero attached hydrogens (tertiary/aromatic N) is 1. The summed E-state index contributed by atoms with van der Waals surface area (Å²) in [5.41, 5.74) is 1.82. The second kappa shape index (κ2) is 2.64. The van der Waals surface area contributed by atoms with Crippen molar-refractivity contribution in [2.24, 2.45) is 4.99 Å². The lowest BCUT2D eigenvalue weighted by molar-refractivity contribution is -0.135. The van der Waals surface area contributed by atoms with Gasteiger partial charge in [-0.2, -0.15) is 0 Å². The number of rotatable bonds is 2. The van der Waals surface area contributed by atoms with E-state index in [4.69, 9.17) is 5.11 Å². The van der Waals surface area contributed by atoms with E-state index < -0.39 is 5.97 Å². The van der Waals surface area contributed by atoms with Crippen molar-refractivity contribution in [2.75, 3.05) is 6.54 Å². The quantitative estimate of drug-likeness (QED) is 0.616. The molecule has 54 valence electrons. The van der Waals surface area contributed by atoms with Crippen LogP contribution in [-0.4, -0.2) is 23.3 Å². The summed E-state index contributed by atoms with van der Waals surface area (Å²) in [7, 11) is 0. The van der Waals surface area contributed by atoms with Crippen molar-refractivity contribution in [1.29, 1.82) is 0 Å². The predicted molar refractivity (Wildman–Crippen MR) is 38.3 cm³/mol.